The van der Waals surface area contributed by atoms with Gasteiger partial charge in [0.25, 0.3) is 0 Å². The molecule has 0 spiro atoms. The summed E-state index contributed by atoms with van der Waals surface area (Å²) in [5, 5.41) is 0. The van der Waals surface area contributed by atoms with Gasteiger partial charge in [0.15, 0.2) is 0 Å². The number of H-pyrrole nitrogens is 2. The molecule has 0 radical (unpaired) electrons. The van der Waals surface area contributed by atoms with Crippen LogP contribution in [0.25, 0.3) is 39.3 Å². The first-order chi connectivity index (χ1) is 16.2. The molecular formula is C30H34N4. The van der Waals surface area contributed by atoms with Gasteiger partial charge in [-0.3, -0.25) is 4.98 Å². The quantitative estimate of drug-likeness (QED) is 0.414. The average Bonchev–Trinajstić information content (AvgIpc) is 3.49. The predicted octanol–water partition coefficient (Wildman–Crippen LogP) is 8.13. The Kier molecular flexibility index (Phi) is 5.35. The lowest BCUT2D eigenvalue weighted by Gasteiger charge is -2.10. The fraction of sp³-hybridized carbons (Fsp3) is 0.333. The van der Waals surface area contributed by atoms with Gasteiger partial charge in [-0.15, -0.1) is 0 Å². The molecule has 0 fully saturated rings. The van der Waals surface area contributed by atoms with E-state index in [1.54, 1.807) is 0 Å². The molecule has 3 aromatic heterocycles. The SMILES string of the molecule is C=Cc1c(C)c2cc3nc(c(C)c4cc(C)c(cc5nc(cc1[nH]2)C(C)=C5CC)[nH]4)[C@@H](C)C3C. The molecule has 2 atom stereocenters. The first-order valence-corrected chi connectivity index (χ1v) is 12.3. The van der Waals surface area contributed by atoms with E-state index in [1.807, 2.05) is 6.08 Å². The van der Waals surface area contributed by atoms with Gasteiger partial charge in [-0.1, -0.05) is 33.4 Å². The number of rotatable bonds is 2. The van der Waals surface area contributed by atoms with Gasteiger partial charge in [-0.2, -0.15) is 0 Å². The number of aromatic amines is 2. The molecule has 5 rings (SSSR count). The van der Waals surface area contributed by atoms with E-state index in [9.17, 15) is 0 Å². The van der Waals surface area contributed by atoms with E-state index in [-0.39, 0.29) is 0 Å². The Bertz CT molecular complexity index is 1530. The van der Waals surface area contributed by atoms with Gasteiger partial charge < -0.3 is 9.97 Å². The Morgan fingerprint density at radius 3 is 2.21 bits per heavy atom. The smallest absolute Gasteiger partial charge is 0.0693 e. The molecule has 4 nitrogen and oxygen atoms in total. The summed E-state index contributed by atoms with van der Waals surface area (Å²) in [4.78, 5) is 17.5. The molecule has 2 N–H and O–H groups in total. The summed E-state index contributed by atoms with van der Waals surface area (Å²) in [7, 11) is 0. The third kappa shape index (κ3) is 3.35. The topological polar surface area (TPSA) is 57.4 Å². The van der Waals surface area contributed by atoms with Crippen molar-refractivity contribution in [3.63, 3.8) is 0 Å². The lowest BCUT2D eigenvalue weighted by atomic mass is 9.91. The number of nitrogens with zero attached hydrogens (tertiary/aromatic N) is 2. The molecule has 1 unspecified atom stereocenters. The van der Waals surface area contributed by atoms with Crippen molar-refractivity contribution in [3.8, 4) is 0 Å². The lowest BCUT2D eigenvalue weighted by Crippen LogP contribution is -1.97. The summed E-state index contributed by atoms with van der Waals surface area (Å²) in [5.74, 6) is 0.699. The molecule has 34 heavy (non-hydrogen) atoms. The second-order valence-corrected chi connectivity index (χ2v) is 9.87. The molecule has 0 saturated heterocycles. The number of nitrogens with one attached hydrogen (secondary N) is 2. The maximum atomic E-state index is 5.15. The van der Waals surface area contributed by atoms with Gasteiger partial charge in [0, 0.05) is 50.9 Å². The summed E-state index contributed by atoms with van der Waals surface area (Å²) in [5.41, 5.74) is 16.0. The minimum atomic E-state index is 0.346. The third-order valence-corrected chi connectivity index (χ3v) is 7.91. The highest BCUT2D eigenvalue weighted by Crippen LogP contribution is 2.39. The maximum absolute atomic E-state index is 5.15. The van der Waals surface area contributed by atoms with Crippen molar-refractivity contribution in [2.45, 2.75) is 66.7 Å². The number of hydrogen-bond donors (Lipinski definition) is 2. The van der Waals surface area contributed by atoms with Gasteiger partial charge in [0.2, 0.25) is 0 Å². The van der Waals surface area contributed by atoms with Crippen LogP contribution in [-0.2, 0) is 0 Å². The first-order valence-electron chi connectivity index (χ1n) is 12.3. The molecular weight excluding hydrogens is 416 g/mol. The second kappa shape index (κ2) is 8.12. The number of fused-ring (bicyclic) bond motifs is 8. The number of allylic oxidation sites excluding steroid dienone is 2. The summed E-state index contributed by atoms with van der Waals surface area (Å²) in [6.07, 6.45) is 2.88. The van der Waals surface area contributed by atoms with E-state index in [4.69, 9.17) is 9.97 Å². The Morgan fingerprint density at radius 1 is 0.824 bits per heavy atom. The molecule has 8 bridgehead atoms. The van der Waals surface area contributed by atoms with Crippen LogP contribution in [0.4, 0.5) is 0 Å². The van der Waals surface area contributed by atoms with Crippen LogP contribution in [-0.4, -0.2) is 19.9 Å². The van der Waals surface area contributed by atoms with Gasteiger partial charge >= 0.3 is 0 Å². The Hall–Kier alpha value is -3.40. The zero-order chi connectivity index (χ0) is 24.3. The zero-order valence-electron chi connectivity index (χ0n) is 21.4. The van der Waals surface area contributed by atoms with Crippen molar-refractivity contribution in [2.24, 2.45) is 0 Å². The van der Waals surface area contributed by atoms with E-state index in [2.05, 4.69) is 89.3 Å². The van der Waals surface area contributed by atoms with Crippen LogP contribution in [0.2, 0.25) is 0 Å². The first kappa shape index (κ1) is 22.4. The molecule has 0 aliphatic carbocycles. The molecule has 0 saturated carbocycles. The van der Waals surface area contributed by atoms with Crippen molar-refractivity contribution in [1.82, 2.24) is 19.9 Å². The van der Waals surface area contributed by atoms with Crippen molar-refractivity contribution >= 4 is 39.3 Å². The molecule has 0 amide bonds. The maximum Gasteiger partial charge on any atom is 0.0693 e. The van der Waals surface area contributed by atoms with Gasteiger partial charge in [-0.25, -0.2) is 4.98 Å². The summed E-state index contributed by atoms with van der Waals surface area (Å²) in [6, 6.07) is 8.84. The number of hydrogen-bond acceptors (Lipinski definition) is 2. The highest BCUT2D eigenvalue weighted by atomic mass is 14.8. The summed E-state index contributed by atoms with van der Waals surface area (Å²) >= 11 is 0. The van der Waals surface area contributed by atoms with Gasteiger partial charge in [0.05, 0.1) is 11.4 Å². The van der Waals surface area contributed by atoms with Crippen LogP contribution in [0.5, 0.6) is 0 Å². The lowest BCUT2D eigenvalue weighted by molar-refractivity contribution is 0.653. The van der Waals surface area contributed by atoms with E-state index in [0.717, 1.165) is 56.8 Å². The molecule has 0 aromatic carbocycles. The van der Waals surface area contributed by atoms with E-state index < -0.39 is 0 Å². The highest BCUT2D eigenvalue weighted by Gasteiger charge is 2.26. The van der Waals surface area contributed by atoms with E-state index in [1.165, 1.54) is 27.8 Å². The van der Waals surface area contributed by atoms with Gasteiger partial charge in [-0.05, 0) is 86.2 Å². The van der Waals surface area contributed by atoms with E-state index in [0.29, 0.717) is 11.8 Å². The molecule has 3 aromatic rings. The fourth-order valence-electron chi connectivity index (χ4n) is 5.42. The standard InChI is InChI=1S/C30H34N4/c1-9-21-19(7)27-14-29-22(10-2)18(6)26(32-29)13-25-16(4)17(5)30(34-25)20(8)24-11-15(3)23(31-24)12-28(21)33-27/h10-14,16-17,31-32H,2,9H2,1,3-8H3/t16?,17-/m0/s1. The third-order valence-electron chi connectivity index (χ3n) is 7.91. The minimum absolute atomic E-state index is 0.346. The molecule has 2 aliphatic heterocycles. The highest BCUT2D eigenvalue weighted by molar-refractivity contribution is 5.93. The van der Waals surface area contributed by atoms with Crippen LogP contribution >= 0.6 is 0 Å². The number of aryl methyl sites for hydroxylation is 3. The van der Waals surface area contributed by atoms with Crippen LogP contribution in [0.3, 0.4) is 0 Å². The molecule has 2 aliphatic rings. The van der Waals surface area contributed by atoms with Crippen LogP contribution in [0.1, 0.15) is 91.0 Å². The van der Waals surface area contributed by atoms with Crippen molar-refractivity contribution in [1.29, 1.82) is 0 Å². The Balaban J connectivity index is 1.99. The Morgan fingerprint density at radius 2 is 1.50 bits per heavy atom. The van der Waals surface area contributed by atoms with Crippen LogP contribution in [0.15, 0.2) is 30.8 Å². The molecule has 174 valence electrons. The van der Waals surface area contributed by atoms with Crippen LogP contribution < -0.4 is 0 Å². The number of aromatic nitrogens is 4. The second-order valence-electron chi connectivity index (χ2n) is 9.87. The average molecular weight is 451 g/mol. The van der Waals surface area contributed by atoms with Crippen LogP contribution in [0, 0.1) is 20.8 Å². The normalized spacial score (nSPS) is 18.0. The predicted molar refractivity (Wildman–Crippen MR) is 145 cm³/mol. The van der Waals surface area contributed by atoms with Crippen molar-refractivity contribution in [3.05, 3.63) is 75.9 Å². The summed E-state index contributed by atoms with van der Waals surface area (Å²) in [6.45, 7) is 19.5. The molecule has 5 heterocycles. The van der Waals surface area contributed by atoms with Crippen molar-refractivity contribution < 1.29 is 0 Å². The largest absolute Gasteiger partial charge is 0.355 e. The Labute approximate surface area is 201 Å². The summed E-state index contributed by atoms with van der Waals surface area (Å²) < 4.78 is 0. The van der Waals surface area contributed by atoms with E-state index >= 15 is 0 Å². The zero-order valence-corrected chi connectivity index (χ0v) is 21.4. The monoisotopic (exact) mass is 450 g/mol. The van der Waals surface area contributed by atoms with Crippen molar-refractivity contribution in [2.75, 3.05) is 0 Å². The molecule has 4 heteroatoms. The minimum Gasteiger partial charge on any atom is -0.355 e. The fourth-order valence-corrected chi connectivity index (χ4v) is 5.42. The van der Waals surface area contributed by atoms with Gasteiger partial charge in [0.1, 0.15) is 0 Å².